The maximum Gasteiger partial charge on any atom is 0.225 e. The molecule has 0 aliphatic carbocycles. The zero-order valence-corrected chi connectivity index (χ0v) is 17.2. The molecule has 0 bridgehead atoms. The Kier molecular flexibility index (Phi) is 4.96. The number of aryl methyl sites for hydroxylation is 2. The number of anilines is 1. The molecule has 2 aromatic carbocycles. The fraction of sp³-hybridized carbons (Fsp3) is 0.160. The number of hydrogen-bond acceptors (Lipinski definition) is 4. The SMILES string of the molecule is Cc1cc(NC(=O)CCCc2c(-c3ccc4ccccc4n3)[nH]c3ccccc23)no1. The van der Waals surface area contributed by atoms with Crippen molar-refractivity contribution in [3.05, 3.63) is 78.1 Å². The van der Waals surface area contributed by atoms with Crippen LogP contribution in [-0.4, -0.2) is 21.0 Å². The second-order valence-electron chi connectivity index (χ2n) is 7.64. The molecule has 154 valence electrons. The molecule has 0 radical (unpaired) electrons. The van der Waals surface area contributed by atoms with Gasteiger partial charge in [0.05, 0.1) is 16.9 Å². The maximum absolute atomic E-state index is 12.3. The van der Waals surface area contributed by atoms with Crippen molar-refractivity contribution in [1.82, 2.24) is 15.1 Å². The normalized spacial score (nSPS) is 11.3. The average Bonchev–Trinajstić information content (AvgIpc) is 3.36. The Morgan fingerprint density at radius 2 is 1.90 bits per heavy atom. The number of fused-ring (bicyclic) bond motifs is 2. The molecule has 5 aromatic rings. The first kappa shape index (κ1) is 19.1. The molecule has 0 spiro atoms. The Labute approximate surface area is 179 Å². The number of aromatic amines is 1. The molecular formula is C25H22N4O2. The summed E-state index contributed by atoms with van der Waals surface area (Å²) in [5, 5.41) is 8.88. The highest BCUT2D eigenvalue weighted by Crippen LogP contribution is 2.31. The monoisotopic (exact) mass is 410 g/mol. The van der Waals surface area contributed by atoms with Gasteiger partial charge in [-0.1, -0.05) is 47.6 Å². The van der Waals surface area contributed by atoms with E-state index < -0.39 is 0 Å². The largest absolute Gasteiger partial charge is 0.360 e. The number of nitrogens with one attached hydrogen (secondary N) is 2. The summed E-state index contributed by atoms with van der Waals surface area (Å²) in [6.07, 6.45) is 1.88. The molecule has 2 N–H and O–H groups in total. The number of pyridine rings is 1. The average molecular weight is 410 g/mol. The van der Waals surface area contributed by atoms with Crippen molar-refractivity contribution < 1.29 is 9.32 Å². The smallest absolute Gasteiger partial charge is 0.225 e. The number of amides is 1. The summed E-state index contributed by atoms with van der Waals surface area (Å²) in [6, 6.07) is 22.2. The van der Waals surface area contributed by atoms with Crippen LogP contribution in [-0.2, 0) is 11.2 Å². The summed E-state index contributed by atoms with van der Waals surface area (Å²) in [4.78, 5) is 20.7. The third-order valence-electron chi connectivity index (χ3n) is 5.39. The van der Waals surface area contributed by atoms with Crippen LogP contribution >= 0.6 is 0 Å². The molecule has 6 heteroatoms. The number of aromatic nitrogens is 3. The molecular weight excluding hydrogens is 388 g/mol. The van der Waals surface area contributed by atoms with Crippen LogP contribution < -0.4 is 5.32 Å². The third-order valence-corrected chi connectivity index (χ3v) is 5.39. The lowest BCUT2D eigenvalue weighted by molar-refractivity contribution is -0.116. The van der Waals surface area contributed by atoms with Gasteiger partial charge in [-0.15, -0.1) is 0 Å². The number of H-pyrrole nitrogens is 1. The first-order valence-corrected chi connectivity index (χ1v) is 10.4. The summed E-state index contributed by atoms with van der Waals surface area (Å²) in [5.41, 5.74) is 5.15. The molecule has 0 unspecified atom stereocenters. The lowest BCUT2D eigenvalue weighted by Crippen LogP contribution is -2.11. The van der Waals surface area contributed by atoms with E-state index in [1.807, 2.05) is 30.3 Å². The van der Waals surface area contributed by atoms with Crippen molar-refractivity contribution in [2.24, 2.45) is 0 Å². The molecule has 0 atom stereocenters. The molecule has 0 saturated heterocycles. The van der Waals surface area contributed by atoms with Crippen LogP contribution in [0.1, 0.15) is 24.2 Å². The zero-order chi connectivity index (χ0) is 21.2. The van der Waals surface area contributed by atoms with E-state index in [1.165, 1.54) is 10.9 Å². The molecule has 5 rings (SSSR count). The lowest BCUT2D eigenvalue weighted by Gasteiger charge is -2.07. The van der Waals surface area contributed by atoms with E-state index in [0.717, 1.165) is 34.2 Å². The molecule has 0 fully saturated rings. The number of nitrogens with zero attached hydrogens (tertiary/aromatic N) is 2. The van der Waals surface area contributed by atoms with Crippen LogP contribution in [0.2, 0.25) is 0 Å². The van der Waals surface area contributed by atoms with Gasteiger partial charge in [-0.25, -0.2) is 4.98 Å². The molecule has 1 amide bonds. The van der Waals surface area contributed by atoms with Crippen LogP contribution in [0.5, 0.6) is 0 Å². The van der Waals surface area contributed by atoms with Crippen LogP contribution in [0.4, 0.5) is 5.82 Å². The van der Waals surface area contributed by atoms with Gasteiger partial charge in [0.15, 0.2) is 5.82 Å². The van der Waals surface area contributed by atoms with Crippen molar-refractivity contribution in [3.63, 3.8) is 0 Å². The lowest BCUT2D eigenvalue weighted by atomic mass is 10.0. The van der Waals surface area contributed by atoms with Crippen molar-refractivity contribution in [3.8, 4) is 11.4 Å². The highest BCUT2D eigenvalue weighted by molar-refractivity contribution is 5.92. The summed E-state index contributed by atoms with van der Waals surface area (Å²) in [7, 11) is 0. The van der Waals surface area contributed by atoms with Crippen molar-refractivity contribution in [2.75, 3.05) is 5.32 Å². The van der Waals surface area contributed by atoms with Crippen molar-refractivity contribution in [2.45, 2.75) is 26.2 Å². The predicted octanol–water partition coefficient (Wildman–Crippen LogP) is 5.64. The predicted molar refractivity (Wildman–Crippen MR) is 122 cm³/mol. The van der Waals surface area contributed by atoms with Gasteiger partial charge in [0.2, 0.25) is 5.91 Å². The zero-order valence-electron chi connectivity index (χ0n) is 17.2. The minimum Gasteiger partial charge on any atom is -0.360 e. The van der Waals surface area contributed by atoms with E-state index in [2.05, 4.69) is 45.8 Å². The number of benzene rings is 2. The Morgan fingerprint density at radius 3 is 2.77 bits per heavy atom. The Balaban J connectivity index is 1.40. The fourth-order valence-electron chi connectivity index (χ4n) is 3.94. The third kappa shape index (κ3) is 3.92. The Bertz CT molecular complexity index is 1380. The van der Waals surface area contributed by atoms with Gasteiger partial charge in [-0.2, -0.15) is 0 Å². The number of para-hydroxylation sites is 2. The van der Waals surface area contributed by atoms with E-state index in [4.69, 9.17) is 9.51 Å². The van der Waals surface area contributed by atoms with E-state index in [9.17, 15) is 4.79 Å². The quantitative estimate of drug-likeness (QED) is 0.379. The molecule has 31 heavy (non-hydrogen) atoms. The maximum atomic E-state index is 12.3. The summed E-state index contributed by atoms with van der Waals surface area (Å²) < 4.78 is 5.00. The van der Waals surface area contributed by atoms with Crippen LogP contribution in [0.15, 0.2) is 71.3 Å². The summed E-state index contributed by atoms with van der Waals surface area (Å²) in [5.74, 6) is 1.05. The minimum atomic E-state index is -0.0708. The number of carbonyl (C=O) groups excluding carboxylic acids is 1. The van der Waals surface area contributed by atoms with Gasteiger partial charge in [0.1, 0.15) is 5.76 Å². The molecule has 3 heterocycles. The van der Waals surface area contributed by atoms with Gasteiger partial charge in [-0.05, 0) is 43.5 Å². The molecule has 0 aliphatic rings. The van der Waals surface area contributed by atoms with Gasteiger partial charge >= 0.3 is 0 Å². The molecule has 3 aromatic heterocycles. The molecule has 6 nitrogen and oxygen atoms in total. The van der Waals surface area contributed by atoms with Crippen LogP contribution in [0.25, 0.3) is 33.2 Å². The second kappa shape index (κ2) is 8.07. The second-order valence-corrected chi connectivity index (χ2v) is 7.64. The highest BCUT2D eigenvalue weighted by Gasteiger charge is 2.15. The van der Waals surface area contributed by atoms with Gasteiger partial charge < -0.3 is 14.8 Å². The first-order chi connectivity index (χ1) is 15.2. The number of rotatable bonds is 6. The van der Waals surface area contributed by atoms with Crippen molar-refractivity contribution >= 4 is 33.5 Å². The van der Waals surface area contributed by atoms with Gasteiger partial charge in [-0.3, -0.25) is 4.79 Å². The minimum absolute atomic E-state index is 0.0708. The first-order valence-electron chi connectivity index (χ1n) is 10.4. The van der Waals surface area contributed by atoms with E-state index in [1.54, 1.807) is 13.0 Å². The fourth-order valence-corrected chi connectivity index (χ4v) is 3.94. The Morgan fingerprint density at radius 1 is 1.06 bits per heavy atom. The summed E-state index contributed by atoms with van der Waals surface area (Å²) >= 11 is 0. The van der Waals surface area contributed by atoms with E-state index in [0.29, 0.717) is 24.4 Å². The summed E-state index contributed by atoms with van der Waals surface area (Å²) in [6.45, 7) is 1.79. The number of carbonyl (C=O) groups is 1. The molecule has 0 aliphatic heterocycles. The topological polar surface area (TPSA) is 83.8 Å². The Hall–Kier alpha value is -3.93. The van der Waals surface area contributed by atoms with Gasteiger partial charge in [0.25, 0.3) is 0 Å². The van der Waals surface area contributed by atoms with E-state index >= 15 is 0 Å². The standard InChI is InChI=1S/C25H22N4O2/c1-16-15-23(29-31-16)28-24(30)12-6-9-19-18-8-3-5-11-21(18)27-25(19)22-14-13-17-7-2-4-10-20(17)26-22/h2-5,7-8,10-11,13-15,27H,6,9,12H2,1H3,(H,28,29,30). The van der Waals surface area contributed by atoms with Crippen molar-refractivity contribution in [1.29, 1.82) is 0 Å². The van der Waals surface area contributed by atoms with E-state index in [-0.39, 0.29) is 5.91 Å². The van der Waals surface area contributed by atoms with Gasteiger partial charge in [0, 0.05) is 28.8 Å². The number of hydrogen-bond donors (Lipinski definition) is 2. The molecule has 0 saturated carbocycles. The highest BCUT2D eigenvalue weighted by atomic mass is 16.5. The van der Waals surface area contributed by atoms with Crippen LogP contribution in [0, 0.1) is 6.92 Å². The van der Waals surface area contributed by atoms with Crippen LogP contribution in [0.3, 0.4) is 0 Å².